The van der Waals surface area contributed by atoms with Crippen LogP contribution < -0.4 is 10.5 Å². The maximum absolute atomic E-state index is 6.44. The van der Waals surface area contributed by atoms with Gasteiger partial charge in [-0.25, -0.2) is 0 Å². The van der Waals surface area contributed by atoms with Gasteiger partial charge < -0.3 is 20.4 Å². The van der Waals surface area contributed by atoms with Gasteiger partial charge in [-0.05, 0) is 48.4 Å². The molecule has 1 atom stereocenters. The number of aryl methyl sites for hydroxylation is 1. The lowest BCUT2D eigenvalue weighted by molar-refractivity contribution is 0.478. The van der Waals surface area contributed by atoms with E-state index in [1.165, 1.54) is 21.9 Å². The molecule has 2 heterocycles. The minimum absolute atomic E-state index is 0.0477. The van der Waals surface area contributed by atoms with Crippen LogP contribution in [0.15, 0.2) is 103 Å². The number of hydrogen-bond donors (Lipinski definition) is 3. The molecule has 2 aromatic heterocycles. The topological polar surface area (TPSA) is 66.8 Å². The van der Waals surface area contributed by atoms with Crippen LogP contribution in [0.5, 0.6) is 11.5 Å². The van der Waals surface area contributed by atoms with Crippen LogP contribution in [-0.2, 0) is 0 Å². The van der Waals surface area contributed by atoms with E-state index in [0.29, 0.717) is 11.4 Å². The van der Waals surface area contributed by atoms with Gasteiger partial charge in [0.2, 0.25) is 0 Å². The third-order valence-corrected chi connectivity index (χ3v) is 6.53. The largest absolute Gasteiger partial charge is 0.455 e. The van der Waals surface area contributed by atoms with Gasteiger partial charge in [-0.3, -0.25) is 0 Å². The van der Waals surface area contributed by atoms with Gasteiger partial charge in [-0.1, -0.05) is 66.7 Å². The molecule has 4 N–H and O–H groups in total. The third-order valence-electron chi connectivity index (χ3n) is 6.53. The zero-order chi connectivity index (χ0) is 23.1. The molecule has 4 heteroatoms. The predicted octanol–water partition coefficient (Wildman–Crippen LogP) is 7.51. The van der Waals surface area contributed by atoms with Crippen molar-refractivity contribution >= 4 is 27.5 Å². The van der Waals surface area contributed by atoms with Crippen molar-refractivity contribution in [2.45, 2.75) is 12.8 Å². The number of H-pyrrole nitrogens is 2. The first-order chi connectivity index (χ1) is 16.7. The second-order valence-corrected chi connectivity index (χ2v) is 8.61. The molecule has 0 fully saturated rings. The summed E-state index contributed by atoms with van der Waals surface area (Å²) >= 11 is 0. The van der Waals surface area contributed by atoms with Gasteiger partial charge in [0, 0.05) is 45.2 Å². The second-order valence-electron chi connectivity index (χ2n) is 8.61. The van der Waals surface area contributed by atoms with Gasteiger partial charge >= 0.3 is 0 Å². The Bertz CT molecular complexity index is 1630. The number of para-hydroxylation sites is 5. The van der Waals surface area contributed by atoms with Crippen LogP contribution in [0.25, 0.3) is 21.8 Å². The Morgan fingerprint density at radius 2 is 1.32 bits per heavy atom. The van der Waals surface area contributed by atoms with E-state index in [1.807, 2.05) is 36.4 Å². The molecule has 0 spiro atoms. The summed E-state index contributed by atoms with van der Waals surface area (Å²) in [5.41, 5.74) is 13.8. The number of fused-ring (bicyclic) bond motifs is 2. The van der Waals surface area contributed by atoms with E-state index >= 15 is 0 Å². The number of anilines is 1. The average Bonchev–Trinajstić information content (AvgIpc) is 3.43. The van der Waals surface area contributed by atoms with Crippen molar-refractivity contribution in [3.8, 4) is 11.5 Å². The normalized spacial score (nSPS) is 12.3. The van der Waals surface area contributed by atoms with Crippen LogP contribution in [0.4, 0.5) is 5.69 Å². The average molecular weight is 444 g/mol. The van der Waals surface area contributed by atoms with Gasteiger partial charge in [0.1, 0.15) is 11.5 Å². The smallest absolute Gasteiger partial charge is 0.150 e. The molecule has 0 aliphatic rings. The number of nitrogen functional groups attached to an aromatic ring is 1. The lowest BCUT2D eigenvalue weighted by atomic mass is 9.83. The van der Waals surface area contributed by atoms with E-state index in [4.69, 9.17) is 10.5 Å². The van der Waals surface area contributed by atoms with Crippen molar-refractivity contribution in [3.63, 3.8) is 0 Å². The molecule has 0 saturated carbocycles. The highest BCUT2D eigenvalue weighted by Gasteiger charge is 2.27. The SMILES string of the molecule is Cc1[nH]c2ccccc2c1[C@@H](c1ccccc1Oc1ccccc1N)c1c[nH]c2ccccc12. The van der Waals surface area contributed by atoms with Gasteiger partial charge in [0.15, 0.2) is 0 Å². The number of aromatic amines is 2. The van der Waals surface area contributed by atoms with E-state index in [9.17, 15) is 0 Å². The van der Waals surface area contributed by atoms with Crippen LogP contribution in [0.3, 0.4) is 0 Å². The Labute approximate surface area is 198 Å². The molecule has 4 aromatic carbocycles. The zero-order valence-corrected chi connectivity index (χ0v) is 18.9. The Kier molecular flexibility index (Phi) is 4.84. The van der Waals surface area contributed by atoms with Crippen molar-refractivity contribution in [2.24, 2.45) is 0 Å². The number of nitrogens with one attached hydrogen (secondary N) is 2. The minimum Gasteiger partial charge on any atom is -0.455 e. The molecular weight excluding hydrogens is 418 g/mol. The molecule has 0 radical (unpaired) electrons. The Balaban J connectivity index is 1.62. The Morgan fingerprint density at radius 1 is 0.676 bits per heavy atom. The molecule has 34 heavy (non-hydrogen) atoms. The summed E-state index contributed by atoms with van der Waals surface area (Å²) in [6.07, 6.45) is 2.13. The number of ether oxygens (including phenoxy) is 1. The fourth-order valence-electron chi connectivity index (χ4n) is 4.99. The summed E-state index contributed by atoms with van der Waals surface area (Å²) in [4.78, 5) is 7.07. The maximum atomic E-state index is 6.44. The summed E-state index contributed by atoms with van der Waals surface area (Å²) < 4.78 is 6.44. The van der Waals surface area contributed by atoms with E-state index in [0.717, 1.165) is 28.0 Å². The van der Waals surface area contributed by atoms with Crippen molar-refractivity contribution in [1.82, 2.24) is 9.97 Å². The van der Waals surface area contributed by atoms with E-state index < -0.39 is 0 Å². The summed E-state index contributed by atoms with van der Waals surface area (Å²) in [5.74, 6) is 1.40. The first-order valence-electron chi connectivity index (χ1n) is 11.4. The highest BCUT2D eigenvalue weighted by Crippen LogP contribution is 2.45. The minimum atomic E-state index is -0.0477. The molecule has 0 amide bonds. The lowest BCUT2D eigenvalue weighted by Crippen LogP contribution is -2.06. The van der Waals surface area contributed by atoms with E-state index in [-0.39, 0.29) is 5.92 Å². The highest BCUT2D eigenvalue weighted by atomic mass is 16.5. The lowest BCUT2D eigenvalue weighted by Gasteiger charge is -2.22. The molecule has 0 unspecified atom stereocenters. The summed E-state index contributed by atoms with van der Waals surface area (Å²) in [6, 6.07) is 32.8. The van der Waals surface area contributed by atoms with Crippen molar-refractivity contribution < 1.29 is 4.74 Å². The standard InChI is InChI=1S/C30H25N3O/c1-19-29(21-11-3-7-15-26(21)33-19)30(23-18-32-25-14-6-2-10-20(23)25)22-12-4-8-16-27(22)34-28-17-9-5-13-24(28)31/h2-18,30,32-33H,31H2,1H3/t30-/m0/s1. The predicted molar refractivity (Wildman–Crippen MR) is 140 cm³/mol. The number of aromatic nitrogens is 2. The van der Waals surface area contributed by atoms with Gasteiger partial charge in [-0.15, -0.1) is 0 Å². The van der Waals surface area contributed by atoms with E-state index in [2.05, 4.69) is 83.8 Å². The van der Waals surface area contributed by atoms with Crippen LogP contribution in [0.1, 0.15) is 28.3 Å². The van der Waals surface area contributed by atoms with E-state index in [1.54, 1.807) is 0 Å². The molecule has 0 saturated heterocycles. The fourth-order valence-corrected chi connectivity index (χ4v) is 4.99. The second kappa shape index (κ2) is 8.16. The summed E-state index contributed by atoms with van der Waals surface area (Å²) in [5, 5.41) is 2.41. The molecular formula is C30H25N3O. The monoisotopic (exact) mass is 443 g/mol. The number of hydrogen-bond acceptors (Lipinski definition) is 2. The number of nitrogens with two attached hydrogens (primary N) is 1. The molecule has 0 bridgehead atoms. The van der Waals surface area contributed by atoms with Crippen molar-refractivity contribution in [1.29, 1.82) is 0 Å². The quantitative estimate of drug-likeness (QED) is 0.241. The number of benzene rings is 4. The van der Waals surface area contributed by atoms with Crippen molar-refractivity contribution in [3.05, 3.63) is 126 Å². The highest BCUT2D eigenvalue weighted by molar-refractivity contribution is 5.90. The van der Waals surface area contributed by atoms with Crippen molar-refractivity contribution in [2.75, 3.05) is 5.73 Å². The van der Waals surface area contributed by atoms with Crippen LogP contribution >= 0.6 is 0 Å². The summed E-state index contributed by atoms with van der Waals surface area (Å²) in [6.45, 7) is 2.15. The number of rotatable bonds is 5. The molecule has 0 aliphatic carbocycles. The first kappa shape index (κ1) is 20.2. The zero-order valence-electron chi connectivity index (χ0n) is 18.9. The van der Waals surface area contributed by atoms with Crippen LogP contribution in [-0.4, -0.2) is 9.97 Å². The molecule has 6 rings (SSSR count). The molecule has 6 aromatic rings. The molecule has 4 nitrogen and oxygen atoms in total. The van der Waals surface area contributed by atoms with Gasteiger partial charge in [0.25, 0.3) is 0 Å². The maximum Gasteiger partial charge on any atom is 0.150 e. The molecule has 0 aliphatic heterocycles. The fraction of sp³-hybridized carbons (Fsp3) is 0.0667. The third kappa shape index (κ3) is 3.32. The Hall–Kier alpha value is -4.44. The van der Waals surface area contributed by atoms with Crippen LogP contribution in [0.2, 0.25) is 0 Å². The van der Waals surface area contributed by atoms with Crippen LogP contribution in [0, 0.1) is 6.92 Å². The van der Waals surface area contributed by atoms with Gasteiger partial charge in [0.05, 0.1) is 5.69 Å². The van der Waals surface area contributed by atoms with Gasteiger partial charge in [-0.2, -0.15) is 0 Å². The summed E-state index contributed by atoms with van der Waals surface area (Å²) in [7, 11) is 0. The molecule has 166 valence electrons. The Morgan fingerprint density at radius 3 is 2.15 bits per heavy atom. The first-order valence-corrected chi connectivity index (χ1v) is 11.4.